The van der Waals surface area contributed by atoms with E-state index in [9.17, 15) is 18.0 Å². The van der Waals surface area contributed by atoms with Crippen LogP contribution in [-0.2, 0) is 17.4 Å². The van der Waals surface area contributed by atoms with Crippen molar-refractivity contribution in [3.63, 3.8) is 0 Å². The predicted molar refractivity (Wildman–Crippen MR) is 99.2 cm³/mol. The monoisotopic (exact) mass is 383 g/mol. The molecular weight excluding hydrogens is 355 g/mol. The quantitative estimate of drug-likeness (QED) is 0.807. The normalized spacial score (nSPS) is 24.1. The molecule has 1 saturated carbocycles. The maximum Gasteiger partial charge on any atom is 0.416 e. The Bertz CT molecular complexity index is 671. The van der Waals surface area contributed by atoms with Crippen LogP contribution in [0.2, 0.25) is 0 Å². The van der Waals surface area contributed by atoms with Crippen molar-refractivity contribution in [3.8, 4) is 0 Å². The number of alkyl halides is 3. The fourth-order valence-electron chi connectivity index (χ4n) is 4.53. The summed E-state index contributed by atoms with van der Waals surface area (Å²) in [6.07, 6.45) is 1.76. The second-order valence-electron chi connectivity index (χ2n) is 7.76. The first-order valence-electron chi connectivity index (χ1n) is 9.72. The molecule has 1 aliphatic heterocycles. The van der Waals surface area contributed by atoms with Crippen LogP contribution in [0.25, 0.3) is 0 Å². The van der Waals surface area contributed by atoms with E-state index in [0.717, 1.165) is 44.8 Å². The Balaban J connectivity index is 1.75. The van der Waals surface area contributed by atoms with Gasteiger partial charge in [0.25, 0.3) is 0 Å². The molecule has 2 N–H and O–H groups in total. The van der Waals surface area contributed by atoms with E-state index in [-0.39, 0.29) is 29.6 Å². The number of halogens is 3. The number of hydrogen-bond donors (Lipinski definition) is 1. The van der Waals surface area contributed by atoms with Crippen molar-refractivity contribution in [1.82, 2.24) is 9.80 Å². The molecule has 7 heteroatoms. The van der Waals surface area contributed by atoms with Crippen LogP contribution in [0.15, 0.2) is 18.2 Å². The Morgan fingerprint density at radius 3 is 2.52 bits per heavy atom. The van der Waals surface area contributed by atoms with E-state index < -0.39 is 11.7 Å². The van der Waals surface area contributed by atoms with Gasteiger partial charge in [0.1, 0.15) is 0 Å². The van der Waals surface area contributed by atoms with Crippen LogP contribution in [0, 0.1) is 0 Å². The maximum absolute atomic E-state index is 13.3. The van der Waals surface area contributed by atoms with Gasteiger partial charge in [-0.15, -0.1) is 0 Å². The van der Waals surface area contributed by atoms with E-state index in [2.05, 4.69) is 4.90 Å². The van der Waals surface area contributed by atoms with Gasteiger partial charge in [0, 0.05) is 24.8 Å². The van der Waals surface area contributed by atoms with Crippen molar-refractivity contribution in [2.45, 2.75) is 63.2 Å². The van der Waals surface area contributed by atoms with Crippen molar-refractivity contribution in [2.24, 2.45) is 0 Å². The summed E-state index contributed by atoms with van der Waals surface area (Å²) in [5.74, 6) is -0.263. The van der Waals surface area contributed by atoms with Crippen LogP contribution < -0.4 is 5.73 Å². The summed E-state index contributed by atoms with van der Waals surface area (Å²) >= 11 is 0. The Hall–Kier alpha value is -1.76. The number of carbonyl (C=O) groups excluding carboxylic acids is 1. The fraction of sp³-hybridized carbons (Fsp3) is 0.650. The summed E-state index contributed by atoms with van der Waals surface area (Å²) in [5, 5.41) is 0. The number of nitrogen functional groups attached to an aromatic ring is 1. The molecule has 0 radical (unpaired) electrons. The number of likely N-dealkylation sites (tertiary alicyclic amines) is 1. The first kappa shape index (κ1) is 20.0. The summed E-state index contributed by atoms with van der Waals surface area (Å²) < 4.78 is 39.9. The zero-order valence-electron chi connectivity index (χ0n) is 15.8. The summed E-state index contributed by atoms with van der Waals surface area (Å²) in [6.45, 7) is 2.11. The average Bonchev–Trinajstić information content (AvgIpc) is 3.16. The Morgan fingerprint density at radius 1 is 1.19 bits per heavy atom. The molecule has 0 unspecified atom stereocenters. The van der Waals surface area contributed by atoms with Gasteiger partial charge in [0.2, 0.25) is 5.91 Å². The van der Waals surface area contributed by atoms with E-state index in [1.54, 1.807) is 11.9 Å². The van der Waals surface area contributed by atoms with E-state index in [1.165, 1.54) is 25.0 Å². The van der Waals surface area contributed by atoms with Gasteiger partial charge in [0.05, 0.1) is 12.0 Å². The highest BCUT2D eigenvalue weighted by molar-refractivity contribution is 5.79. The van der Waals surface area contributed by atoms with Crippen LogP contribution in [0.3, 0.4) is 0 Å². The van der Waals surface area contributed by atoms with E-state index in [0.29, 0.717) is 6.04 Å². The largest absolute Gasteiger partial charge is 0.416 e. The van der Waals surface area contributed by atoms with Gasteiger partial charge in [-0.25, -0.2) is 0 Å². The molecule has 0 bridgehead atoms. The maximum atomic E-state index is 13.3. The van der Waals surface area contributed by atoms with Gasteiger partial charge in [-0.05, 0) is 56.5 Å². The van der Waals surface area contributed by atoms with Crippen molar-refractivity contribution in [3.05, 3.63) is 29.3 Å². The van der Waals surface area contributed by atoms with Gasteiger partial charge < -0.3 is 10.6 Å². The topological polar surface area (TPSA) is 49.6 Å². The van der Waals surface area contributed by atoms with E-state index in [4.69, 9.17) is 5.73 Å². The number of nitrogens with zero attached hydrogens (tertiary/aromatic N) is 2. The molecule has 27 heavy (non-hydrogen) atoms. The Labute approximate surface area is 158 Å². The second-order valence-corrected chi connectivity index (χ2v) is 7.76. The molecular formula is C20H28F3N3O. The lowest BCUT2D eigenvalue weighted by Crippen LogP contribution is -2.53. The van der Waals surface area contributed by atoms with E-state index >= 15 is 0 Å². The molecule has 1 aromatic rings. The number of likely N-dealkylation sites (N-methyl/N-ethyl adjacent to an activating group) is 1. The van der Waals surface area contributed by atoms with Crippen LogP contribution in [0.5, 0.6) is 0 Å². The molecule has 1 amide bonds. The number of nitrogens with two attached hydrogens (primary N) is 1. The molecule has 1 aromatic carbocycles. The molecule has 2 aliphatic rings. The van der Waals surface area contributed by atoms with Crippen LogP contribution >= 0.6 is 0 Å². The zero-order chi connectivity index (χ0) is 19.6. The van der Waals surface area contributed by atoms with Crippen molar-refractivity contribution in [1.29, 1.82) is 0 Å². The average molecular weight is 383 g/mol. The summed E-state index contributed by atoms with van der Waals surface area (Å²) in [7, 11) is 1.74. The zero-order valence-corrected chi connectivity index (χ0v) is 15.8. The molecule has 4 nitrogen and oxygen atoms in total. The lowest BCUT2D eigenvalue weighted by Gasteiger charge is -2.42. The number of rotatable bonds is 4. The van der Waals surface area contributed by atoms with Gasteiger partial charge >= 0.3 is 6.18 Å². The van der Waals surface area contributed by atoms with Crippen LogP contribution in [0.4, 0.5) is 18.9 Å². The molecule has 150 valence electrons. The molecule has 1 saturated heterocycles. The third-order valence-corrected chi connectivity index (χ3v) is 5.98. The van der Waals surface area contributed by atoms with Gasteiger partial charge in [-0.3, -0.25) is 9.69 Å². The summed E-state index contributed by atoms with van der Waals surface area (Å²) in [6, 6.07) is 4.06. The number of hydrogen-bond acceptors (Lipinski definition) is 3. The predicted octanol–water partition coefficient (Wildman–Crippen LogP) is 3.70. The summed E-state index contributed by atoms with van der Waals surface area (Å²) in [4.78, 5) is 17.0. The minimum Gasteiger partial charge on any atom is -0.399 e. The fourth-order valence-corrected chi connectivity index (χ4v) is 4.53. The van der Waals surface area contributed by atoms with Crippen molar-refractivity contribution < 1.29 is 18.0 Å². The smallest absolute Gasteiger partial charge is 0.399 e. The number of benzene rings is 1. The lowest BCUT2D eigenvalue weighted by molar-refractivity contribution is -0.139. The van der Waals surface area contributed by atoms with Crippen molar-refractivity contribution >= 4 is 11.6 Å². The molecule has 0 spiro atoms. The molecule has 1 heterocycles. The van der Waals surface area contributed by atoms with Crippen LogP contribution in [-0.4, -0.2) is 47.9 Å². The molecule has 1 aliphatic carbocycles. The lowest BCUT2D eigenvalue weighted by atomic mass is 9.88. The third-order valence-electron chi connectivity index (χ3n) is 5.98. The Kier molecular flexibility index (Phi) is 5.99. The SMILES string of the molecule is CN(C(=O)Cc1ccc(N)cc1C(F)(F)F)[C@@H]1CCCC[C@H]1N1CCCC1. The number of carbonyl (C=O) groups is 1. The number of anilines is 1. The third kappa shape index (κ3) is 4.57. The highest BCUT2D eigenvalue weighted by Crippen LogP contribution is 2.34. The molecule has 2 atom stereocenters. The molecule has 2 fully saturated rings. The highest BCUT2D eigenvalue weighted by atomic mass is 19.4. The highest BCUT2D eigenvalue weighted by Gasteiger charge is 2.37. The molecule has 0 aromatic heterocycles. The van der Waals surface area contributed by atoms with Gasteiger partial charge in [0.15, 0.2) is 0 Å². The minimum atomic E-state index is -4.52. The first-order valence-corrected chi connectivity index (χ1v) is 9.72. The minimum absolute atomic E-state index is 0.0120. The van der Waals surface area contributed by atoms with E-state index in [1.807, 2.05) is 0 Å². The van der Waals surface area contributed by atoms with Gasteiger partial charge in [-0.2, -0.15) is 13.2 Å². The van der Waals surface area contributed by atoms with Crippen LogP contribution in [0.1, 0.15) is 49.7 Å². The molecule has 3 rings (SSSR count). The standard InChI is InChI=1S/C20H28F3N3O/c1-25(17-6-2-3-7-18(17)26-10-4-5-11-26)19(27)12-14-8-9-15(24)13-16(14)20(21,22)23/h8-9,13,17-18H,2-7,10-12,24H2,1H3/t17-,18-/m1/s1. The second kappa shape index (κ2) is 8.09. The Morgan fingerprint density at radius 2 is 1.85 bits per heavy atom. The van der Waals surface area contributed by atoms with Gasteiger partial charge in [-0.1, -0.05) is 18.9 Å². The summed E-state index contributed by atoms with van der Waals surface area (Å²) in [5.41, 5.74) is 4.74. The first-order chi connectivity index (χ1) is 12.8. The number of amides is 1. The van der Waals surface area contributed by atoms with Crippen molar-refractivity contribution in [2.75, 3.05) is 25.9 Å².